The zero-order valence-corrected chi connectivity index (χ0v) is 24.9. The predicted molar refractivity (Wildman–Crippen MR) is 189 cm³/mol. The number of para-hydroxylation sites is 3. The molecule has 4 heteroatoms. The summed E-state index contributed by atoms with van der Waals surface area (Å²) in [6, 6.07) is 43.4. The summed E-state index contributed by atoms with van der Waals surface area (Å²) < 4.78 is 2.34. The molecular formula is C39H33N3S. The van der Waals surface area contributed by atoms with Crippen LogP contribution in [-0.2, 0) is 0 Å². The molecule has 0 aliphatic carbocycles. The van der Waals surface area contributed by atoms with Crippen LogP contribution in [-0.4, -0.2) is 4.98 Å². The fourth-order valence-corrected chi connectivity index (χ4v) is 6.32. The molecule has 0 fully saturated rings. The van der Waals surface area contributed by atoms with Crippen LogP contribution in [0, 0.1) is 10.6 Å². The number of hydrogen-bond acceptors (Lipinski definition) is 3. The molecule has 0 amide bonds. The maximum absolute atomic E-state index is 4.34. The van der Waals surface area contributed by atoms with E-state index in [-0.39, 0.29) is 0 Å². The van der Waals surface area contributed by atoms with E-state index < -0.39 is 0 Å². The third-order valence-corrected chi connectivity index (χ3v) is 8.35. The van der Waals surface area contributed by atoms with E-state index in [0.717, 1.165) is 43.7 Å². The van der Waals surface area contributed by atoms with E-state index in [2.05, 4.69) is 90.3 Å². The smallest absolute Gasteiger partial charge is 0.0555 e. The molecule has 0 saturated heterocycles. The summed E-state index contributed by atoms with van der Waals surface area (Å²) in [6.07, 6.45) is 4.08. The molecule has 7 aromatic rings. The molecule has 0 spiro atoms. The van der Waals surface area contributed by atoms with Gasteiger partial charge in [-0.15, -0.1) is 11.3 Å². The van der Waals surface area contributed by atoms with Gasteiger partial charge in [-0.05, 0) is 67.1 Å². The summed E-state index contributed by atoms with van der Waals surface area (Å²) in [7, 11) is 0. The monoisotopic (exact) mass is 575 g/mol. The number of nitrogens with one attached hydrogen (secondary N) is 3. The van der Waals surface area contributed by atoms with Crippen molar-refractivity contribution in [1.29, 1.82) is 0 Å². The summed E-state index contributed by atoms with van der Waals surface area (Å²) >= 11 is 1.74. The lowest BCUT2D eigenvalue weighted by Gasteiger charge is -2.10. The van der Waals surface area contributed by atoms with Crippen molar-refractivity contribution in [2.75, 3.05) is 10.6 Å². The van der Waals surface area contributed by atoms with Crippen molar-refractivity contribution in [3.05, 3.63) is 160 Å². The van der Waals surface area contributed by atoms with E-state index in [1.165, 1.54) is 25.9 Å². The number of hydrogen-bond donors (Lipinski definition) is 3. The van der Waals surface area contributed by atoms with Crippen LogP contribution in [0.4, 0.5) is 22.7 Å². The average Bonchev–Trinajstić information content (AvgIpc) is 3.57. The van der Waals surface area contributed by atoms with Crippen LogP contribution in [0.3, 0.4) is 0 Å². The lowest BCUT2D eigenvalue weighted by molar-refractivity contribution is 1.33. The fraction of sp³-hybridized carbons (Fsp3) is 0.0256. The first kappa shape index (κ1) is 27.8. The Morgan fingerprint density at radius 1 is 0.674 bits per heavy atom. The van der Waals surface area contributed by atoms with Crippen LogP contribution < -0.4 is 20.4 Å². The van der Waals surface area contributed by atoms with Crippen LogP contribution in [0.5, 0.6) is 0 Å². The van der Waals surface area contributed by atoms with Crippen molar-refractivity contribution in [1.82, 2.24) is 4.98 Å². The van der Waals surface area contributed by atoms with Gasteiger partial charge in [-0.2, -0.15) is 0 Å². The summed E-state index contributed by atoms with van der Waals surface area (Å²) in [5, 5.41) is 12.8. The van der Waals surface area contributed by atoms with Crippen molar-refractivity contribution in [3.63, 3.8) is 0 Å². The molecule has 0 bridgehead atoms. The first-order valence-corrected chi connectivity index (χ1v) is 15.1. The Bertz CT molecular complexity index is 2180. The third-order valence-electron chi connectivity index (χ3n) is 7.32. The molecule has 7 rings (SSSR count). The Kier molecular flexibility index (Phi) is 8.21. The third kappa shape index (κ3) is 6.01. The van der Waals surface area contributed by atoms with Crippen LogP contribution in [0.25, 0.3) is 39.7 Å². The molecule has 2 aromatic heterocycles. The molecule has 0 radical (unpaired) electrons. The van der Waals surface area contributed by atoms with Crippen molar-refractivity contribution in [3.8, 4) is 0 Å². The van der Waals surface area contributed by atoms with Crippen molar-refractivity contribution in [2.24, 2.45) is 0 Å². The normalized spacial score (nSPS) is 12.1. The molecule has 0 unspecified atom stereocenters. The molecule has 5 aromatic carbocycles. The molecule has 2 heterocycles. The van der Waals surface area contributed by atoms with Crippen LogP contribution in [0.2, 0.25) is 0 Å². The minimum absolute atomic E-state index is 1.03. The second-order valence-electron chi connectivity index (χ2n) is 10.1. The number of benzene rings is 5. The van der Waals surface area contributed by atoms with Crippen LogP contribution >= 0.6 is 11.3 Å². The minimum Gasteiger partial charge on any atom is -0.356 e. The first-order valence-electron chi connectivity index (χ1n) is 14.3. The van der Waals surface area contributed by atoms with E-state index in [1.807, 2.05) is 84.9 Å². The Balaban J connectivity index is 0.000000211. The fourth-order valence-electron chi connectivity index (χ4n) is 5.31. The van der Waals surface area contributed by atoms with E-state index in [4.69, 9.17) is 0 Å². The summed E-state index contributed by atoms with van der Waals surface area (Å²) in [4.78, 5) is 3.69. The van der Waals surface area contributed by atoms with Gasteiger partial charge in [0.25, 0.3) is 0 Å². The van der Waals surface area contributed by atoms with Crippen molar-refractivity contribution < 1.29 is 0 Å². The number of anilines is 4. The Labute approximate surface area is 255 Å². The van der Waals surface area contributed by atoms with Crippen molar-refractivity contribution >= 4 is 73.8 Å². The highest BCUT2D eigenvalue weighted by molar-refractivity contribution is 7.17. The quantitative estimate of drug-likeness (QED) is 0.191. The standard InChI is InChI=1S/C27H22N2S.C12H11N/c1-4-18-15-22-20(5-2)27(26-17(3)30-25-14-10-9-13-21(25)26)29-24(22)16-23(18)28-19-11-7-6-8-12-19;1-3-7-11(8-4-1)13-12-9-5-2-6-10-12/h4-16,28-29H,1,3H2,2H3;1-10,13H/b20-5-,27-26-;. The number of H-pyrrole nitrogens is 1. The summed E-state index contributed by atoms with van der Waals surface area (Å²) in [5.41, 5.74) is 6.49. The number of aromatic amines is 1. The van der Waals surface area contributed by atoms with E-state index in [1.54, 1.807) is 11.3 Å². The topological polar surface area (TPSA) is 39.9 Å². The van der Waals surface area contributed by atoms with Gasteiger partial charge < -0.3 is 15.6 Å². The maximum atomic E-state index is 4.34. The van der Waals surface area contributed by atoms with E-state index in [0.29, 0.717) is 0 Å². The van der Waals surface area contributed by atoms with Crippen LogP contribution in [0.1, 0.15) is 12.5 Å². The molecule has 43 heavy (non-hydrogen) atoms. The van der Waals surface area contributed by atoms with Gasteiger partial charge in [-0.3, -0.25) is 0 Å². The van der Waals surface area contributed by atoms with Gasteiger partial charge in [-0.25, -0.2) is 0 Å². The molecule has 210 valence electrons. The van der Waals surface area contributed by atoms with Crippen LogP contribution in [0.15, 0.2) is 134 Å². The minimum atomic E-state index is 1.03. The van der Waals surface area contributed by atoms with Gasteiger partial charge in [0, 0.05) is 58.7 Å². The van der Waals surface area contributed by atoms with Crippen molar-refractivity contribution in [2.45, 2.75) is 6.92 Å². The highest BCUT2D eigenvalue weighted by atomic mass is 32.1. The molecule has 0 atom stereocenters. The molecule has 0 aliphatic heterocycles. The zero-order chi connectivity index (χ0) is 29.6. The maximum Gasteiger partial charge on any atom is 0.0555 e. The van der Waals surface area contributed by atoms with Gasteiger partial charge in [0.05, 0.1) is 5.35 Å². The summed E-state index contributed by atoms with van der Waals surface area (Å²) in [5.74, 6) is 0. The molecule has 0 saturated carbocycles. The number of aromatic nitrogens is 1. The van der Waals surface area contributed by atoms with Gasteiger partial charge >= 0.3 is 0 Å². The highest BCUT2D eigenvalue weighted by Crippen LogP contribution is 2.27. The van der Waals surface area contributed by atoms with E-state index in [9.17, 15) is 0 Å². The Hall–Kier alpha value is -5.32. The van der Waals surface area contributed by atoms with Gasteiger partial charge in [0.2, 0.25) is 0 Å². The van der Waals surface area contributed by atoms with Gasteiger partial charge in [-0.1, -0.05) is 98.1 Å². The second kappa shape index (κ2) is 12.7. The van der Waals surface area contributed by atoms with Gasteiger partial charge in [0.15, 0.2) is 0 Å². The zero-order valence-electron chi connectivity index (χ0n) is 24.1. The molecule has 0 aliphatic rings. The molecule has 3 nitrogen and oxygen atoms in total. The lowest BCUT2D eigenvalue weighted by atomic mass is 10.1. The molecular weight excluding hydrogens is 543 g/mol. The highest BCUT2D eigenvalue weighted by Gasteiger charge is 2.09. The average molecular weight is 576 g/mol. The Morgan fingerprint density at radius 3 is 1.81 bits per heavy atom. The SMILES string of the molecule is C=Cc1cc2c(=C/C)/c(=c3\c(=C)sc4ccccc34)[nH]c2cc1Nc1ccccc1.c1ccc(Nc2ccccc2)cc1. The number of thiophene rings is 1. The lowest BCUT2D eigenvalue weighted by Crippen LogP contribution is -2.03. The number of rotatable bonds is 5. The largest absolute Gasteiger partial charge is 0.356 e. The second-order valence-corrected chi connectivity index (χ2v) is 11.3. The van der Waals surface area contributed by atoms with E-state index >= 15 is 0 Å². The molecule has 3 N–H and O–H groups in total. The number of fused-ring (bicyclic) bond motifs is 2. The predicted octanol–water partition coefficient (Wildman–Crippen LogP) is 9.70. The van der Waals surface area contributed by atoms with Gasteiger partial charge in [0.1, 0.15) is 0 Å². The summed E-state index contributed by atoms with van der Waals surface area (Å²) in [6.45, 7) is 10.5. The Morgan fingerprint density at radius 2 is 1.23 bits per heavy atom. The first-order chi connectivity index (χ1) is 21.1.